The quantitative estimate of drug-likeness (QED) is 0.736. The Balaban J connectivity index is 2.48. The largest absolute Gasteiger partial charge is 0.368 e. The van der Waals surface area contributed by atoms with Crippen LogP contribution in [0, 0.1) is 0 Å². The number of rotatable bonds is 7. The molecule has 0 fully saturated rings. The Morgan fingerprint density at radius 1 is 0.792 bits per heavy atom. The van der Waals surface area contributed by atoms with E-state index in [1.165, 1.54) is 12.1 Å². The molecule has 2 aromatic rings. The van der Waals surface area contributed by atoms with E-state index in [4.69, 9.17) is 11.5 Å². The van der Waals surface area contributed by atoms with E-state index in [0.29, 0.717) is 37.1 Å². The SMILES string of the molecule is CCCC(=O)c1cc(-c2cc(C(=O)CCC)nc(N)n2)nc(N)n1. The van der Waals surface area contributed by atoms with Crippen molar-refractivity contribution >= 4 is 23.5 Å². The molecular formula is C16H20N6O2. The van der Waals surface area contributed by atoms with E-state index in [0.717, 1.165) is 0 Å². The molecule has 0 saturated carbocycles. The van der Waals surface area contributed by atoms with Crippen molar-refractivity contribution in [1.82, 2.24) is 19.9 Å². The van der Waals surface area contributed by atoms with Crippen molar-refractivity contribution in [3.63, 3.8) is 0 Å². The minimum atomic E-state index is -0.128. The smallest absolute Gasteiger partial charge is 0.221 e. The summed E-state index contributed by atoms with van der Waals surface area (Å²) in [5, 5.41) is 0. The van der Waals surface area contributed by atoms with E-state index in [1.54, 1.807) is 0 Å². The minimum absolute atomic E-state index is 0.0365. The number of ketones is 2. The molecule has 2 aromatic heterocycles. The summed E-state index contributed by atoms with van der Waals surface area (Å²) in [5.74, 6) is -0.328. The zero-order valence-electron chi connectivity index (χ0n) is 13.7. The molecule has 0 aliphatic carbocycles. The first-order valence-electron chi connectivity index (χ1n) is 7.80. The summed E-state index contributed by atoms with van der Waals surface area (Å²) in [6.07, 6.45) is 2.13. The van der Waals surface area contributed by atoms with Gasteiger partial charge in [-0.25, -0.2) is 19.9 Å². The summed E-state index contributed by atoms with van der Waals surface area (Å²) in [7, 11) is 0. The molecule has 8 nitrogen and oxygen atoms in total. The van der Waals surface area contributed by atoms with Crippen LogP contribution in [0.15, 0.2) is 12.1 Å². The fraction of sp³-hybridized carbons (Fsp3) is 0.375. The number of hydrogen-bond donors (Lipinski definition) is 2. The molecule has 0 saturated heterocycles. The average molecular weight is 328 g/mol. The van der Waals surface area contributed by atoms with E-state index < -0.39 is 0 Å². The molecule has 0 atom stereocenters. The lowest BCUT2D eigenvalue weighted by Gasteiger charge is -2.07. The van der Waals surface area contributed by atoms with Crippen LogP contribution in [0.5, 0.6) is 0 Å². The van der Waals surface area contributed by atoms with Crippen LogP contribution in [-0.2, 0) is 0 Å². The first-order valence-corrected chi connectivity index (χ1v) is 7.80. The lowest BCUT2D eigenvalue weighted by atomic mass is 10.1. The van der Waals surface area contributed by atoms with Gasteiger partial charge < -0.3 is 11.5 Å². The van der Waals surface area contributed by atoms with Crippen LogP contribution in [0.25, 0.3) is 11.4 Å². The molecule has 126 valence electrons. The first kappa shape index (κ1) is 17.5. The first-order chi connectivity index (χ1) is 11.4. The topological polar surface area (TPSA) is 138 Å². The van der Waals surface area contributed by atoms with E-state index in [1.807, 2.05) is 13.8 Å². The Morgan fingerprint density at radius 2 is 1.17 bits per heavy atom. The highest BCUT2D eigenvalue weighted by Gasteiger charge is 2.15. The molecule has 24 heavy (non-hydrogen) atoms. The number of nitrogens with two attached hydrogens (primary N) is 2. The van der Waals surface area contributed by atoms with Crippen molar-refractivity contribution in [3.05, 3.63) is 23.5 Å². The maximum atomic E-state index is 12.1. The minimum Gasteiger partial charge on any atom is -0.368 e. The second-order valence-electron chi connectivity index (χ2n) is 5.34. The van der Waals surface area contributed by atoms with Gasteiger partial charge in [0.1, 0.15) is 11.4 Å². The molecule has 8 heteroatoms. The third-order valence-corrected chi connectivity index (χ3v) is 3.27. The van der Waals surface area contributed by atoms with Gasteiger partial charge in [-0.2, -0.15) is 0 Å². The maximum absolute atomic E-state index is 12.1. The predicted molar refractivity (Wildman–Crippen MR) is 90.4 cm³/mol. The summed E-state index contributed by atoms with van der Waals surface area (Å²) >= 11 is 0. The fourth-order valence-electron chi connectivity index (χ4n) is 2.19. The Morgan fingerprint density at radius 3 is 1.50 bits per heavy atom. The summed E-state index contributed by atoms with van der Waals surface area (Å²) in [5.41, 5.74) is 12.5. The monoisotopic (exact) mass is 328 g/mol. The van der Waals surface area contributed by atoms with E-state index >= 15 is 0 Å². The molecule has 0 aromatic carbocycles. The Bertz CT molecular complexity index is 710. The van der Waals surface area contributed by atoms with Gasteiger partial charge in [0.15, 0.2) is 11.6 Å². The molecule has 0 aliphatic heterocycles. The Labute approximate surface area is 139 Å². The van der Waals surface area contributed by atoms with Crippen molar-refractivity contribution in [2.24, 2.45) is 0 Å². The highest BCUT2D eigenvalue weighted by atomic mass is 16.1. The Hall–Kier alpha value is -2.90. The molecule has 4 N–H and O–H groups in total. The van der Waals surface area contributed by atoms with Gasteiger partial charge in [0, 0.05) is 12.8 Å². The fourth-order valence-corrected chi connectivity index (χ4v) is 2.19. The lowest BCUT2D eigenvalue weighted by Crippen LogP contribution is -2.09. The molecule has 0 unspecified atom stereocenters. The van der Waals surface area contributed by atoms with Gasteiger partial charge in [0.25, 0.3) is 0 Å². The third kappa shape index (κ3) is 4.09. The van der Waals surface area contributed by atoms with Crippen LogP contribution < -0.4 is 11.5 Å². The van der Waals surface area contributed by atoms with Crippen LogP contribution in [-0.4, -0.2) is 31.5 Å². The molecule has 0 aliphatic rings. The second kappa shape index (κ2) is 7.58. The zero-order valence-corrected chi connectivity index (χ0v) is 13.7. The maximum Gasteiger partial charge on any atom is 0.221 e. The predicted octanol–water partition coefficient (Wildman–Crippen LogP) is 2.06. The van der Waals surface area contributed by atoms with E-state index in [9.17, 15) is 9.59 Å². The summed E-state index contributed by atoms with van der Waals surface area (Å²) in [4.78, 5) is 40.2. The van der Waals surface area contributed by atoms with Gasteiger partial charge in [-0.3, -0.25) is 9.59 Å². The van der Waals surface area contributed by atoms with Crippen LogP contribution in [0.4, 0.5) is 11.9 Å². The number of aromatic nitrogens is 4. The summed E-state index contributed by atoms with van der Waals surface area (Å²) < 4.78 is 0. The van der Waals surface area contributed by atoms with Crippen LogP contribution in [0.1, 0.15) is 60.5 Å². The van der Waals surface area contributed by atoms with Gasteiger partial charge in [-0.05, 0) is 25.0 Å². The van der Waals surface area contributed by atoms with Gasteiger partial charge in [-0.15, -0.1) is 0 Å². The van der Waals surface area contributed by atoms with Gasteiger partial charge >= 0.3 is 0 Å². The standard InChI is InChI=1S/C16H20N6O2/c1-3-5-13(23)11-7-9(19-15(17)21-11)10-8-12(14(24)6-4-2)22-16(18)20-10/h7-8H,3-6H2,1-2H3,(H2,17,19,21)(H2,18,20,22). The second-order valence-corrected chi connectivity index (χ2v) is 5.34. The van der Waals surface area contributed by atoms with E-state index in [2.05, 4.69) is 19.9 Å². The van der Waals surface area contributed by atoms with Gasteiger partial charge in [0.2, 0.25) is 11.9 Å². The molecule has 2 heterocycles. The van der Waals surface area contributed by atoms with E-state index in [-0.39, 0.29) is 34.9 Å². The van der Waals surface area contributed by atoms with Crippen LogP contribution in [0.3, 0.4) is 0 Å². The lowest BCUT2D eigenvalue weighted by molar-refractivity contribution is 0.0969. The summed E-state index contributed by atoms with van der Waals surface area (Å²) in [6, 6.07) is 3.01. The average Bonchev–Trinajstić information content (AvgIpc) is 2.54. The number of nitrogens with zero attached hydrogens (tertiary/aromatic N) is 4. The molecule has 0 bridgehead atoms. The zero-order chi connectivity index (χ0) is 17.7. The Kier molecular flexibility index (Phi) is 5.51. The van der Waals surface area contributed by atoms with Crippen molar-refractivity contribution in [2.45, 2.75) is 39.5 Å². The molecule has 0 spiro atoms. The number of nitrogen functional groups attached to an aromatic ring is 2. The van der Waals surface area contributed by atoms with Gasteiger partial charge in [-0.1, -0.05) is 13.8 Å². The highest BCUT2D eigenvalue weighted by molar-refractivity contribution is 5.96. The number of hydrogen-bond acceptors (Lipinski definition) is 8. The summed E-state index contributed by atoms with van der Waals surface area (Å²) in [6.45, 7) is 3.81. The molecule has 2 rings (SSSR count). The molecule has 0 radical (unpaired) electrons. The third-order valence-electron chi connectivity index (χ3n) is 3.27. The van der Waals surface area contributed by atoms with Crippen molar-refractivity contribution in [3.8, 4) is 11.4 Å². The van der Waals surface area contributed by atoms with Crippen molar-refractivity contribution < 1.29 is 9.59 Å². The molecular weight excluding hydrogens is 308 g/mol. The van der Waals surface area contributed by atoms with Crippen LogP contribution in [0.2, 0.25) is 0 Å². The number of anilines is 2. The number of carbonyl (C=O) groups excluding carboxylic acids is 2. The van der Waals surface area contributed by atoms with Crippen molar-refractivity contribution in [2.75, 3.05) is 11.5 Å². The van der Waals surface area contributed by atoms with Crippen molar-refractivity contribution in [1.29, 1.82) is 0 Å². The normalized spacial score (nSPS) is 10.6. The van der Waals surface area contributed by atoms with Crippen LogP contribution >= 0.6 is 0 Å². The highest BCUT2D eigenvalue weighted by Crippen LogP contribution is 2.20. The number of carbonyl (C=O) groups is 2. The van der Waals surface area contributed by atoms with Gasteiger partial charge in [0.05, 0.1) is 11.4 Å². The molecule has 0 amide bonds. The number of Topliss-reactive ketones (excluding diaryl/α,β-unsaturated/α-hetero) is 2.